The molecule has 100 valence electrons. The number of amides is 1. The molecule has 4 nitrogen and oxygen atoms in total. The van der Waals surface area contributed by atoms with E-state index < -0.39 is 5.60 Å². The molecule has 0 aliphatic carbocycles. The fraction of sp³-hybridized carbons (Fsp3) is 0.923. The van der Waals surface area contributed by atoms with Crippen molar-refractivity contribution in [2.75, 3.05) is 13.7 Å². The van der Waals surface area contributed by atoms with Crippen molar-refractivity contribution >= 4 is 5.91 Å². The van der Waals surface area contributed by atoms with Crippen LogP contribution in [0.15, 0.2) is 0 Å². The van der Waals surface area contributed by atoms with Gasteiger partial charge in [0.2, 0.25) is 5.91 Å². The number of rotatable bonds is 5. The number of carbonyl (C=O) groups excluding carboxylic acids is 1. The summed E-state index contributed by atoms with van der Waals surface area (Å²) in [5.41, 5.74) is -0.408. The molecular weight excluding hydrogens is 218 g/mol. The van der Waals surface area contributed by atoms with Gasteiger partial charge in [-0.2, -0.15) is 0 Å². The Morgan fingerprint density at radius 2 is 2.24 bits per heavy atom. The molecule has 0 spiro atoms. The molecule has 1 amide bonds. The summed E-state index contributed by atoms with van der Waals surface area (Å²) < 4.78 is 5.29. The number of aliphatic hydroxyl groups excluding tert-OH is 1. The summed E-state index contributed by atoms with van der Waals surface area (Å²) in [6, 6.07) is 0.204. The Bertz CT molecular complexity index is 263. The van der Waals surface area contributed by atoms with Crippen LogP contribution in [0.1, 0.15) is 46.5 Å². The zero-order valence-corrected chi connectivity index (χ0v) is 11.4. The Morgan fingerprint density at radius 3 is 2.76 bits per heavy atom. The number of ether oxygens (including phenoxy) is 1. The van der Waals surface area contributed by atoms with Crippen LogP contribution in [0.3, 0.4) is 0 Å². The topological polar surface area (TPSA) is 49.8 Å². The molecule has 1 fully saturated rings. The molecule has 1 aliphatic rings. The van der Waals surface area contributed by atoms with Crippen molar-refractivity contribution in [3.05, 3.63) is 0 Å². The number of nitrogens with zero attached hydrogens (tertiary/aromatic N) is 1. The van der Waals surface area contributed by atoms with E-state index in [1.165, 1.54) is 0 Å². The molecule has 2 unspecified atom stereocenters. The van der Waals surface area contributed by atoms with Crippen LogP contribution in [-0.2, 0) is 9.53 Å². The van der Waals surface area contributed by atoms with E-state index in [1.807, 2.05) is 18.7 Å². The lowest BCUT2D eigenvalue weighted by atomic mass is 10.0. The second-order valence-corrected chi connectivity index (χ2v) is 5.61. The molecule has 1 aliphatic heterocycles. The molecule has 1 rings (SSSR count). The highest BCUT2D eigenvalue weighted by Crippen LogP contribution is 2.24. The van der Waals surface area contributed by atoms with Crippen LogP contribution in [0.2, 0.25) is 0 Å². The van der Waals surface area contributed by atoms with Crippen molar-refractivity contribution in [3.63, 3.8) is 0 Å². The number of hydrogen-bond donors (Lipinski definition) is 1. The summed E-state index contributed by atoms with van der Waals surface area (Å²) in [7, 11) is 1.63. The van der Waals surface area contributed by atoms with Gasteiger partial charge in [-0.05, 0) is 40.0 Å². The molecule has 0 radical (unpaired) electrons. The van der Waals surface area contributed by atoms with Crippen LogP contribution in [0.25, 0.3) is 0 Å². The average molecular weight is 243 g/mol. The van der Waals surface area contributed by atoms with Crippen LogP contribution in [0.5, 0.6) is 0 Å². The third-order valence-electron chi connectivity index (χ3n) is 3.44. The second kappa shape index (κ2) is 5.83. The van der Waals surface area contributed by atoms with Gasteiger partial charge in [0.25, 0.3) is 0 Å². The molecule has 0 bridgehead atoms. The minimum absolute atomic E-state index is 0.139. The van der Waals surface area contributed by atoms with E-state index in [1.54, 1.807) is 14.0 Å². The van der Waals surface area contributed by atoms with Crippen molar-refractivity contribution in [3.8, 4) is 0 Å². The Kier molecular flexibility index (Phi) is 4.95. The smallest absolute Gasteiger partial charge is 0.225 e. The van der Waals surface area contributed by atoms with Gasteiger partial charge < -0.3 is 14.7 Å². The summed E-state index contributed by atoms with van der Waals surface area (Å²) in [5.74, 6) is 0.139. The van der Waals surface area contributed by atoms with Gasteiger partial charge in [0.05, 0.1) is 18.1 Å². The summed E-state index contributed by atoms with van der Waals surface area (Å²) in [5, 5.41) is 9.43. The van der Waals surface area contributed by atoms with Gasteiger partial charge in [0, 0.05) is 19.7 Å². The summed E-state index contributed by atoms with van der Waals surface area (Å²) in [6.07, 6.45) is 2.78. The van der Waals surface area contributed by atoms with E-state index in [9.17, 15) is 9.90 Å². The molecule has 2 atom stereocenters. The fourth-order valence-corrected chi connectivity index (χ4v) is 2.34. The van der Waals surface area contributed by atoms with Gasteiger partial charge in [-0.1, -0.05) is 0 Å². The van der Waals surface area contributed by atoms with Gasteiger partial charge in [0.15, 0.2) is 0 Å². The number of likely N-dealkylation sites (tertiary alicyclic amines) is 1. The predicted octanol–water partition coefficient (Wildman–Crippen LogP) is 1.56. The maximum absolute atomic E-state index is 12.2. The standard InChI is InChI=1S/C13H25NO3/c1-10(15)8-11-6-5-7-14(11)12(16)9-13(2,3)17-4/h10-11,15H,5-9H2,1-4H3. The summed E-state index contributed by atoms with van der Waals surface area (Å²) >= 11 is 0. The quantitative estimate of drug-likeness (QED) is 0.797. The second-order valence-electron chi connectivity index (χ2n) is 5.61. The van der Waals surface area contributed by atoms with Crippen molar-refractivity contribution in [2.24, 2.45) is 0 Å². The molecule has 1 heterocycles. The third kappa shape index (κ3) is 4.28. The van der Waals surface area contributed by atoms with Crippen LogP contribution in [-0.4, -0.2) is 47.3 Å². The van der Waals surface area contributed by atoms with Crippen molar-refractivity contribution in [1.29, 1.82) is 0 Å². The minimum atomic E-state index is -0.408. The molecule has 0 aromatic rings. The van der Waals surface area contributed by atoms with Gasteiger partial charge >= 0.3 is 0 Å². The van der Waals surface area contributed by atoms with Crippen molar-refractivity contribution in [1.82, 2.24) is 4.90 Å². The maximum atomic E-state index is 12.2. The lowest BCUT2D eigenvalue weighted by Gasteiger charge is -2.30. The van der Waals surface area contributed by atoms with E-state index in [4.69, 9.17) is 4.74 Å². The first-order chi connectivity index (χ1) is 7.85. The predicted molar refractivity (Wildman–Crippen MR) is 66.7 cm³/mol. The first-order valence-corrected chi connectivity index (χ1v) is 6.38. The lowest BCUT2D eigenvalue weighted by molar-refractivity contribution is -0.137. The van der Waals surface area contributed by atoms with Crippen molar-refractivity contribution < 1.29 is 14.6 Å². The average Bonchev–Trinajstić information content (AvgIpc) is 2.64. The number of hydrogen-bond acceptors (Lipinski definition) is 3. The largest absolute Gasteiger partial charge is 0.393 e. The van der Waals surface area contributed by atoms with Crippen LogP contribution in [0.4, 0.5) is 0 Å². The minimum Gasteiger partial charge on any atom is -0.393 e. The van der Waals surface area contributed by atoms with E-state index in [2.05, 4.69) is 0 Å². The Labute approximate surface area is 104 Å². The maximum Gasteiger partial charge on any atom is 0.225 e. The van der Waals surface area contributed by atoms with Crippen molar-refractivity contribution in [2.45, 2.75) is 64.2 Å². The van der Waals surface area contributed by atoms with Crippen LogP contribution >= 0.6 is 0 Å². The van der Waals surface area contributed by atoms with Gasteiger partial charge in [-0.15, -0.1) is 0 Å². The monoisotopic (exact) mass is 243 g/mol. The molecule has 1 N–H and O–H groups in total. The summed E-state index contributed by atoms with van der Waals surface area (Å²) in [6.45, 7) is 6.44. The molecule has 4 heteroatoms. The Hall–Kier alpha value is -0.610. The molecule has 17 heavy (non-hydrogen) atoms. The first kappa shape index (κ1) is 14.5. The van der Waals surface area contributed by atoms with E-state index in [-0.39, 0.29) is 18.1 Å². The van der Waals surface area contributed by atoms with Crippen LogP contribution < -0.4 is 0 Å². The van der Waals surface area contributed by atoms with Gasteiger partial charge in [-0.3, -0.25) is 4.79 Å². The number of carbonyl (C=O) groups is 1. The number of methoxy groups -OCH3 is 1. The molecule has 0 aromatic carbocycles. The molecule has 0 saturated carbocycles. The summed E-state index contributed by atoms with van der Waals surface area (Å²) in [4.78, 5) is 14.1. The SMILES string of the molecule is COC(C)(C)CC(=O)N1CCCC1CC(C)O. The highest BCUT2D eigenvalue weighted by Gasteiger charge is 2.32. The number of aliphatic hydroxyl groups is 1. The van der Waals surface area contributed by atoms with Crippen LogP contribution in [0, 0.1) is 0 Å². The molecule has 0 aromatic heterocycles. The van der Waals surface area contributed by atoms with E-state index >= 15 is 0 Å². The molecular formula is C13H25NO3. The Morgan fingerprint density at radius 1 is 1.59 bits per heavy atom. The lowest BCUT2D eigenvalue weighted by Crippen LogP contribution is -2.41. The van der Waals surface area contributed by atoms with Gasteiger partial charge in [0.1, 0.15) is 0 Å². The molecule has 1 saturated heterocycles. The zero-order chi connectivity index (χ0) is 13.1. The fourth-order valence-electron chi connectivity index (χ4n) is 2.34. The zero-order valence-electron chi connectivity index (χ0n) is 11.4. The highest BCUT2D eigenvalue weighted by molar-refractivity contribution is 5.77. The highest BCUT2D eigenvalue weighted by atomic mass is 16.5. The first-order valence-electron chi connectivity index (χ1n) is 6.38. The van der Waals surface area contributed by atoms with E-state index in [0.29, 0.717) is 12.8 Å². The third-order valence-corrected chi connectivity index (χ3v) is 3.44. The normalized spacial score (nSPS) is 22.9. The van der Waals surface area contributed by atoms with E-state index in [0.717, 1.165) is 19.4 Å². The van der Waals surface area contributed by atoms with Gasteiger partial charge in [-0.25, -0.2) is 0 Å². The Balaban J connectivity index is 2.56.